The molecular weight excluding hydrogens is 168 g/mol. The van der Waals surface area contributed by atoms with Gasteiger partial charge in [-0.3, -0.25) is 0 Å². The molecule has 0 aromatic rings. The molecule has 0 aliphatic heterocycles. The number of hydrogen-bond donors (Lipinski definition) is 0. The Morgan fingerprint density at radius 2 is 1.92 bits per heavy atom. The predicted molar refractivity (Wildman–Crippen MR) is 51.7 cm³/mol. The van der Waals surface area contributed by atoms with Crippen molar-refractivity contribution >= 4 is 6.16 Å². The van der Waals surface area contributed by atoms with Crippen LogP contribution < -0.4 is 0 Å². The molecule has 0 unspecified atom stereocenters. The van der Waals surface area contributed by atoms with Crippen molar-refractivity contribution in [1.29, 1.82) is 0 Å². The van der Waals surface area contributed by atoms with Gasteiger partial charge in [0.15, 0.2) is 0 Å². The minimum atomic E-state index is -0.568. The summed E-state index contributed by atoms with van der Waals surface area (Å²) in [4.78, 5) is 11.1. The summed E-state index contributed by atoms with van der Waals surface area (Å²) in [5.41, 5.74) is -0.426. The first-order valence-electron chi connectivity index (χ1n) is 4.81. The van der Waals surface area contributed by atoms with Crippen LogP contribution in [-0.4, -0.2) is 17.9 Å². The average Bonchev–Trinajstić information content (AvgIpc) is 2.03. The largest absolute Gasteiger partial charge is 0.509 e. The minimum absolute atomic E-state index is 0.0693. The van der Waals surface area contributed by atoms with E-state index in [0.29, 0.717) is 0 Å². The summed E-state index contributed by atoms with van der Waals surface area (Å²) in [5, 5.41) is 0. The highest BCUT2D eigenvalue weighted by molar-refractivity contribution is 5.60. The van der Waals surface area contributed by atoms with Gasteiger partial charge in [-0.2, -0.15) is 0 Å². The van der Waals surface area contributed by atoms with Crippen molar-refractivity contribution < 1.29 is 14.3 Å². The fraction of sp³-hybridized carbons (Fsp3) is 0.900. The lowest BCUT2D eigenvalue weighted by atomic mass is 10.1. The molecule has 0 radical (unpaired) electrons. The first-order valence-corrected chi connectivity index (χ1v) is 4.81. The first kappa shape index (κ1) is 12.3. The van der Waals surface area contributed by atoms with Crippen molar-refractivity contribution in [1.82, 2.24) is 0 Å². The number of carbonyl (C=O) groups excluding carboxylic acids is 1. The fourth-order valence-electron chi connectivity index (χ4n) is 0.569. The summed E-state index contributed by atoms with van der Waals surface area (Å²) in [5.74, 6) is 0. The fourth-order valence-corrected chi connectivity index (χ4v) is 0.569. The van der Waals surface area contributed by atoms with E-state index < -0.39 is 11.8 Å². The summed E-state index contributed by atoms with van der Waals surface area (Å²) in [6.45, 7) is 9.51. The van der Waals surface area contributed by atoms with Crippen molar-refractivity contribution in [3.8, 4) is 0 Å². The van der Waals surface area contributed by atoms with Gasteiger partial charge in [-0.05, 0) is 33.6 Å². The van der Waals surface area contributed by atoms with Gasteiger partial charge in [-0.15, -0.1) is 0 Å². The third kappa shape index (κ3) is 5.50. The van der Waals surface area contributed by atoms with Gasteiger partial charge in [-0.1, -0.05) is 13.8 Å². The second kappa shape index (κ2) is 5.10. The lowest BCUT2D eigenvalue weighted by Gasteiger charge is -2.23. The Morgan fingerprint density at radius 3 is 2.31 bits per heavy atom. The zero-order valence-corrected chi connectivity index (χ0v) is 9.22. The average molecular weight is 188 g/mol. The molecule has 0 heterocycles. The Morgan fingerprint density at radius 1 is 1.38 bits per heavy atom. The second-order valence-electron chi connectivity index (χ2n) is 3.80. The van der Waals surface area contributed by atoms with Crippen LogP contribution in [0.3, 0.4) is 0 Å². The van der Waals surface area contributed by atoms with E-state index in [4.69, 9.17) is 9.47 Å². The van der Waals surface area contributed by atoms with Crippen LogP contribution in [-0.2, 0) is 9.47 Å². The number of ether oxygens (including phenoxy) is 2. The van der Waals surface area contributed by atoms with E-state index in [0.717, 1.165) is 12.8 Å². The SMILES string of the molecule is CC[C@H](C)OC(=O)OC(C)(C)CC. The Labute approximate surface area is 80.4 Å². The van der Waals surface area contributed by atoms with E-state index in [9.17, 15) is 4.79 Å². The monoisotopic (exact) mass is 188 g/mol. The van der Waals surface area contributed by atoms with E-state index >= 15 is 0 Å². The summed E-state index contributed by atoms with van der Waals surface area (Å²) in [7, 11) is 0. The van der Waals surface area contributed by atoms with Crippen molar-refractivity contribution in [3.63, 3.8) is 0 Å². The third-order valence-electron chi connectivity index (χ3n) is 2.08. The van der Waals surface area contributed by atoms with Crippen LogP contribution in [0.25, 0.3) is 0 Å². The maximum Gasteiger partial charge on any atom is 0.509 e. The van der Waals surface area contributed by atoms with Crippen LogP contribution in [0.1, 0.15) is 47.5 Å². The van der Waals surface area contributed by atoms with Gasteiger partial charge in [0.05, 0.1) is 0 Å². The molecule has 0 saturated heterocycles. The molecule has 78 valence electrons. The lowest BCUT2D eigenvalue weighted by Crippen LogP contribution is -2.29. The first-order chi connectivity index (χ1) is 5.91. The molecule has 3 nitrogen and oxygen atoms in total. The van der Waals surface area contributed by atoms with Crippen LogP contribution in [0, 0.1) is 0 Å². The van der Waals surface area contributed by atoms with Crippen molar-refractivity contribution in [2.75, 3.05) is 0 Å². The van der Waals surface area contributed by atoms with Crippen LogP contribution in [0.4, 0.5) is 4.79 Å². The van der Waals surface area contributed by atoms with Gasteiger partial charge < -0.3 is 9.47 Å². The van der Waals surface area contributed by atoms with Crippen LogP contribution in [0.15, 0.2) is 0 Å². The Balaban J connectivity index is 3.87. The zero-order chi connectivity index (χ0) is 10.5. The highest BCUT2D eigenvalue weighted by atomic mass is 16.7. The molecule has 0 N–H and O–H groups in total. The molecule has 1 atom stereocenters. The predicted octanol–water partition coefficient (Wildman–Crippen LogP) is 3.13. The molecule has 0 rings (SSSR count). The Hall–Kier alpha value is -0.730. The molecule has 13 heavy (non-hydrogen) atoms. The van der Waals surface area contributed by atoms with Gasteiger partial charge >= 0.3 is 6.16 Å². The minimum Gasteiger partial charge on any atom is -0.431 e. The van der Waals surface area contributed by atoms with Gasteiger partial charge in [0.2, 0.25) is 0 Å². The smallest absolute Gasteiger partial charge is 0.431 e. The standard InChI is InChI=1S/C10H20O3/c1-6-8(3)12-9(11)13-10(4,5)7-2/h8H,6-7H2,1-5H3/t8-/m0/s1. The molecule has 0 bridgehead atoms. The van der Waals surface area contributed by atoms with Crippen LogP contribution in [0.5, 0.6) is 0 Å². The molecular formula is C10H20O3. The molecule has 0 aliphatic rings. The van der Waals surface area contributed by atoms with E-state index in [1.807, 2.05) is 34.6 Å². The second-order valence-corrected chi connectivity index (χ2v) is 3.80. The normalized spacial score (nSPS) is 13.6. The molecule has 0 spiro atoms. The lowest BCUT2D eigenvalue weighted by molar-refractivity contribution is -0.0330. The summed E-state index contributed by atoms with van der Waals surface area (Å²) < 4.78 is 10.1. The maximum absolute atomic E-state index is 11.1. The van der Waals surface area contributed by atoms with E-state index in [2.05, 4.69) is 0 Å². The summed E-state index contributed by atoms with van der Waals surface area (Å²) in [6.07, 6.45) is 0.950. The van der Waals surface area contributed by atoms with Gasteiger partial charge in [0.25, 0.3) is 0 Å². The molecule has 3 heteroatoms. The van der Waals surface area contributed by atoms with Crippen LogP contribution >= 0.6 is 0 Å². The van der Waals surface area contributed by atoms with Crippen molar-refractivity contribution in [3.05, 3.63) is 0 Å². The topological polar surface area (TPSA) is 35.5 Å². The quantitative estimate of drug-likeness (QED) is 0.636. The number of carbonyl (C=O) groups is 1. The third-order valence-corrected chi connectivity index (χ3v) is 2.08. The molecule has 0 fully saturated rings. The molecule has 0 amide bonds. The van der Waals surface area contributed by atoms with E-state index in [-0.39, 0.29) is 6.10 Å². The highest BCUT2D eigenvalue weighted by Gasteiger charge is 2.22. The number of rotatable bonds is 4. The highest BCUT2D eigenvalue weighted by Crippen LogP contribution is 2.15. The molecule has 0 aromatic heterocycles. The summed E-state index contributed by atoms with van der Waals surface area (Å²) >= 11 is 0. The molecule has 0 aromatic carbocycles. The van der Waals surface area contributed by atoms with Gasteiger partial charge in [0, 0.05) is 0 Å². The van der Waals surface area contributed by atoms with Gasteiger partial charge in [-0.25, -0.2) is 4.79 Å². The summed E-state index contributed by atoms with van der Waals surface area (Å²) in [6, 6.07) is 0. The van der Waals surface area contributed by atoms with Crippen molar-refractivity contribution in [2.24, 2.45) is 0 Å². The number of hydrogen-bond acceptors (Lipinski definition) is 3. The molecule has 0 aliphatic carbocycles. The zero-order valence-electron chi connectivity index (χ0n) is 9.22. The van der Waals surface area contributed by atoms with Gasteiger partial charge in [0.1, 0.15) is 11.7 Å². The molecule has 0 saturated carbocycles. The van der Waals surface area contributed by atoms with Crippen LogP contribution in [0.2, 0.25) is 0 Å². The maximum atomic E-state index is 11.1. The van der Waals surface area contributed by atoms with E-state index in [1.54, 1.807) is 0 Å². The Kier molecular flexibility index (Phi) is 4.81. The van der Waals surface area contributed by atoms with E-state index in [1.165, 1.54) is 0 Å². The van der Waals surface area contributed by atoms with Crippen molar-refractivity contribution in [2.45, 2.75) is 59.2 Å². The Bertz CT molecular complexity index is 164.